The van der Waals surface area contributed by atoms with Crippen molar-refractivity contribution in [3.8, 4) is 0 Å². The lowest BCUT2D eigenvalue weighted by Gasteiger charge is -2.19. The van der Waals surface area contributed by atoms with Crippen molar-refractivity contribution in [1.82, 2.24) is 10.6 Å². The van der Waals surface area contributed by atoms with Crippen LogP contribution in [0.4, 0.5) is 0 Å². The van der Waals surface area contributed by atoms with Crippen molar-refractivity contribution in [3.05, 3.63) is 70.7 Å². The summed E-state index contributed by atoms with van der Waals surface area (Å²) in [4.78, 5) is 25.0. The zero-order valence-electron chi connectivity index (χ0n) is 16.3. The smallest absolute Gasteiger partial charge is 0.253 e. The van der Waals surface area contributed by atoms with Gasteiger partial charge in [0.1, 0.15) is 0 Å². The van der Waals surface area contributed by atoms with Crippen molar-refractivity contribution < 1.29 is 14.3 Å². The third-order valence-electron chi connectivity index (χ3n) is 4.11. The van der Waals surface area contributed by atoms with Crippen LogP contribution in [0.5, 0.6) is 0 Å². The topological polar surface area (TPSA) is 67.4 Å². The molecular formula is C22H27ClN2O3. The summed E-state index contributed by atoms with van der Waals surface area (Å²) in [5.74, 6) is -0.435. The number of carbonyl (C=O) groups excluding carboxylic acids is 2. The van der Waals surface area contributed by atoms with E-state index in [2.05, 4.69) is 10.6 Å². The lowest BCUT2D eigenvalue weighted by atomic mass is 10.0. The van der Waals surface area contributed by atoms with Crippen LogP contribution in [0, 0.1) is 0 Å². The van der Waals surface area contributed by atoms with Crippen molar-refractivity contribution in [3.63, 3.8) is 0 Å². The first-order valence-corrected chi connectivity index (χ1v) is 9.84. The van der Waals surface area contributed by atoms with Gasteiger partial charge in [0.25, 0.3) is 5.91 Å². The first-order valence-electron chi connectivity index (χ1n) is 9.46. The Bertz CT molecular complexity index is 765. The predicted octanol–water partition coefficient (Wildman–Crippen LogP) is 4.13. The van der Waals surface area contributed by atoms with Gasteiger partial charge >= 0.3 is 0 Å². The molecule has 0 aliphatic rings. The molecule has 0 bridgehead atoms. The third kappa shape index (κ3) is 7.33. The summed E-state index contributed by atoms with van der Waals surface area (Å²) in [6, 6.07) is 15.8. The van der Waals surface area contributed by atoms with Crippen molar-refractivity contribution in [2.24, 2.45) is 0 Å². The number of benzene rings is 2. The van der Waals surface area contributed by atoms with E-state index in [0.717, 1.165) is 12.0 Å². The minimum atomic E-state index is -0.447. The van der Waals surface area contributed by atoms with Crippen LogP contribution in [0.2, 0.25) is 5.02 Å². The zero-order valence-corrected chi connectivity index (χ0v) is 17.0. The fraction of sp³-hybridized carbons (Fsp3) is 0.364. The molecule has 2 aromatic carbocycles. The molecule has 0 heterocycles. The molecule has 2 N–H and O–H groups in total. The molecule has 0 spiro atoms. The maximum atomic E-state index is 12.6. The highest BCUT2D eigenvalue weighted by atomic mass is 35.5. The van der Waals surface area contributed by atoms with Gasteiger partial charge in [-0.05, 0) is 38.0 Å². The maximum absolute atomic E-state index is 12.6. The van der Waals surface area contributed by atoms with E-state index in [1.807, 2.05) is 44.2 Å². The Morgan fingerprint density at radius 3 is 2.39 bits per heavy atom. The average Bonchev–Trinajstić information content (AvgIpc) is 2.68. The van der Waals surface area contributed by atoms with Gasteiger partial charge in [-0.1, -0.05) is 54.1 Å². The summed E-state index contributed by atoms with van der Waals surface area (Å²) in [6.07, 6.45) is 1.06. The van der Waals surface area contributed by atoms with E-state index in [-0.39, 0.29) is 24.3 Å². The normalized spacial score (nSPS) is 11.9. The average molecular weight is 403 g/mol. The Labute approximate surface area is 171 Å². The molecule has 0 aromatic heterocycles. The van der Waals surface area contributed by atoms with Crippen LogP contribution in [0.25, 0.3) is 0 Å². The van der Waals surface area contributed by atoms with Gasteiger partial charge < -0.3 is 15.4 Å². The Morgan fingerprint density at radius 2 is 1.71 bits per heavy atom. The molecule has 150 valence electrons. The molecular weight excluding hydrogens is 376 g/mol. The quantitative estimate of drug-likeness (QED) is 0.587. The summed E-state index contributed by atoms with van der Waals surface area (Å²) >= 11 is 6.12. The first-order chi connectivity index (χ1) is 13.5. The molecule has 2 rings (SSSR count). The second-order valence-corrected chi connectivity index (χ2v) is 7.15. The van der Waals surface area contributed by atoms with Crippen LogP contribution in [-0.2, 0) is 9.53 Å². The predicted molar refractivity (Wildman–Crippen MR) is 111 cm³/mol. The van der Waals surface area contributed by atoms with Crippen molar-refractivity contribution >= 4 is 23.4 Å². The van der Waals surface area contributed by atoms with Gasteiger partial charge in [-0.3, -0.25) is 9.59 Å². The fourth-order valence-electron chi connectivity index (χ4n) is 2.70. The maximum Gasteiger partial charge on any atom is 0.253 e. The molecule has 0 fully saturated rings. The number of nitrogens with one attached hydrogen (secondary N) is 2. The number of rotatable bonds is 10. The molecule has 0 saturated heterocycles. The van der Waals surface area contributed by atoms with Crippen molar-refractivity contribution in [1.29, 1.82) is 0 Å². The minimum Gasteiger partial charge on any atom is -0.379 e. The van der Waals surface area contributed by atoms with E-state index in [0.29, 0.717) is 23.7 Å². The number of hydrogen-bond donors (Lipinski definition) is 2. The highest BCUT2D eigenvalue weighted by molar-refractivity contribution is 6.33. The van der Waals surface area contributed by atoms with Crippen LogP contribution in [0.1, 0.15) is 48.7 Å². The zero-order chi connectivity index (χ0) is 20.4. The Balaban J connectivity index is 1.97. The molecule has 28 heavy (non-hydrogen) atoms. The van der Waals surface area contributed by atoms with Gasteiger partial charge in [-0.15, -0.1) is 0 Å². The number of amides is 2. The lowest BCUT2D eigenvalue weighted by Crippen LogP contribution is -2.34. The number of hydrogen-bond acceptors (Lipinski definition) is 3. The molecule has 1 atom stereocenters. The first kappa shape index (κ1) is 21.9. The van der Waals surface area contributed by atoms with Crippen molar-refractivity contribution in [2.45, 2.75) is 38.8 Å². The van der Waals surface area contributed by atoms with Crippen LogP contribution >= 0.6 is 11.6 Å². The summed E-state index contributed by atoms with van der Waals surface area (Å²) in [5.41, 5.74) is 1.25. The van der Waals surface area contributed by atoms with Crippen LogP contribution in [-0.4, -0.2) is 31.1 Å². The van der Waals surface area contributed by atoms with Gasteiger partial charge in [0.2, 0.25) is 5.91 Å². The van der Waals surface area contributed by atoms with E-state index < -0.39 is 6.04 Å². The summed E-state index contributed by atoms with van der Waals surface area (Å²) < 4.78 is 5.47. The molecule has 5 nitrogen and oxygen atoms in total. The summed E-state index contributed by atoms with van der Waals surface area (Å²) in [7, 11) is 0. The van der Waals surface area contributed by atoms with E-state index >= 15 is 0 Å². The van der Waals surface area contributed by atoms with E-state index in [4.69, 9.17) is 16.3 Å². The highest BCUT2D eigenvalue weighted by Crippen LogP contribution is 2.20. The molecule has 6 heteroatoms. The molecule has 1 unspecified atom stereocenters. The van der Waals surface area contributed by atoms with E-state index in [1.54, 1.807) is 24.3 Å². The monoisotopic (exact) mass is 402 g/mol. The fourth-order valence-corrected chi connectivity index (χ4v) is 2.92. The van der Waals surface area contributed by atoms with Gasteiger partial charge in [0, 0.05) is 13.2 Å². The number of carbonyl (C=O) groups is 2. The lowest BCUT2D eigenvalue weighted by molar-refractivity contribution is -0.121. The van der Waals surface area contributed by atoms with E-state index in [1.165, 1.54) is 0 Å². The second kappa shape index (κ2) is 11.5. The molecule has 0 radical (unpaired) electrons. The van der Waals surface area contributed by atoms with Crippen LogP contribution in [0.3, 0.4) is 0 Å². The Morgan fingerprint density at radius 1 is 1.04 bits per heavy atom. The second-order valence-electron chi connectivity index (χ2n) is 6.74. The Kier molecular flexibility index (Phi) is 8.98. The Hall–Kier alpha value is -2.37. The standard InChI is InChI=1S/C22H27ClN2O3/c1-16(2)28-14-8-13-24-21(26)15-20(17-9-4-3-5-10-17)25-22(27)18-11-6-7-12-19(18)23/h3-7,9-12,16,20H,8,13-15H2,1-2H3,(H,24,26)(H,25,27). The third-order valence-corrected chi connectivity index (χ3v) is 4.44. The molecule has 0 saturated carbocycles. The summed E-state index contributed by atoms with van der Waals surface area (Å²) in [5, 5.41) is 6.19. The van der Waals surface area contributed by atoms with E-state index in [9.17, 15) is 9.59 Å². The number of halogens is 1. The summed E-state index contributed by atoms with van der Waals surface area (Å²) in [6.45, 7) is 5.09. The van der Waals surface area contributed by atoms with Crippen LogP contribution < -0.4 is 10.6 Å². The van der Waals surface area contributed by atoms with Gasteiger partial charge in [0.15, 0.2) is 0 Å². The van der Waals surface area contributed by atoms with Gasteiger partial charge in [-0.2, -0.15) is 0 Å². The number of ether oxygens (including phenoxy) is 1. The highest BCUT2D eigenvalue weighted by Gasteiger charge is 2.20. The SMILES string of the molecule is CC(C)OCCCNC(=O)CC(NC(=O)c1ccccc1Cl)c1ccccc1. The van der Waals surface area contributed by atoms with Gasteiger partial charge in [0.05, 0.1) is 29.2 Å². The molecule has 2 aromatic rings. The van der Waals surface area contributed by atoms with Crippen LogP contribution in [0.15, 0.2) is 54.6 Å². The minimum absolute atomic E-state index is 0.127. The largest absolute Gasteiger partial charge is 0.379 e. The van der Waals surface area contributed by atoms with Crippen molar-refractivity contribution in [2.75, 3.05) is 13.2 Å². The van der Waals surface area contributed by atoms with Gasteiger partial charge in [-0.25, -0.2) is 0 Å². The molecule has 0 aliphatic heterocycles. The molecule has 2 amide bonds. The molecule has 0 aliphatic carbocycles.